The normalized spacial score (nSPS) is 13.7. The Balaban J connectivity index is 0.000000438. The van der Waals surface area contributed by atoms with E-state index in [0.717, 1.165) is 31.1 Å². The Bertz CT molecular complexity index is 410. The van der Waals surface area contributed by atoms with Crippen molar-refractivity contribution >= 4 is 6.29 Å². The summed E-state index contributed by atoms with van der Waals surface area (Å²) >= 11 is 0. The molecule has 0 amide bonds. The highest BCUT2D eigenvalue weighted by atomic mass is 16.5. The molecule has 1 aromatic carbocycles. The largest absolute Gasteiger partial charge is 0.381 e. The number of methoxy groups -OCH3 is 1. The van der Waals surface area contributed by atoms with Crippen LogP contribution in [0.5, 0.6) is 0 Å². The zero-order valence-electron chi connectivity index (χ0n) is 16.2. The summed E-state index contributed by atoms with van der Waals surface area (Å²) in [4.78, 5) is 10.2. The van der Waals surface area contributed by atoms with Gasteiger partial charge in [0.05, 0.1) is 6.10 Å². The molecule has 0 aliphatic carbocycles. The first-order chi connectivity index (χ1) is 10.8. The van der Waals surface area contributed by atoms with Crippen LogP contribution in [0, 0.1) is 5.41 Å². The molecule has 0 fully saturated rings. The zero-order valence-corrected chi connectivity index (χ0v) is 16.2. The number of aldehydes is 1. The Morgan fingerprint density at radius 2 is 1.65 bits per heavy atom. The van der Waals surface area contributed by atoms with Gasteiger partial charge in [-0.05, 0) is 41.7 Å². The summed E-state index contributed by atoms with van der Waals surface area (Å²) in [5, 5.41) is 0. The molecule has 132 valence electrons. The van der Waals surface area contributed by atoms with E-state index < -0.39 is 0 Å². The highest BCUT2D eigenvalue weighted by Gasteiger charge is 2.16. The average Bonchev–Trinajstić information content (AvgIpc) is 2.52. The minimum absolute atomic E-state index is 0.399. The monoisotopic (exact) mass is 320 g/mol. The van der Waals surface area contributed by atoms with E-state index in [0.29, 0.717) is 23.9 Å². The quantitative estimate of drug-likeness (QED) is 0.594. The summed E-state index contributed by atoms with van der Waals surface area (Å²) in [5.41, 5.74) is 2.86. The molecule has 0 saturated heterocycles. The van der Waals surface area contributed by atoms with Gasteiger partial charge in [-0.3, -0.25) is 0 Å². The standard InChI is InChI=1S/C12H16O.C9H20O/c1-3-10(2)12-6-4-11(5-7-12)8-9-13;1-6-8(10-5)7-9(2,3)4/h4-7,9-10H,3,8H2,1-2H3;8H,6-7H2,1-5H3. The highest BCUT2D eigenvalue weighted by molar-refractivity contribution is 5.54. The van der Waals surface area contributed by atoms with E-state index in [4.69, 9.17) is 4.74 Å². The van der Waals surface area contributed by atoms with Gasteiger partial charge >= 0.3 is 0 Å². The lowest BCUT2D eigenvalue weighted by molar-refractivity contribution is -0.107. The molecule has 0 radical (unpaired) electrons. The van der Waals surface area contributed by atoms with Gasteiger partial charge in [-0.15, -0.1) is 0 Å². The van der Waals surface area contributed by atoms with Crippen molar-refractivity contribution in [1.82, 2.24) is 0 Å². The second-order valence-corrected chi connectivity index (χ2v) is 7.45. The maximum Gasteiger partial charge on any atom is 0.124 e. The van der Waals surface area contributed by atoms with E-state index in [-0.39, 0.29) is 0 Å². The lowest BCUT2D eigenvalue weighted by atomic mass is 9.88. The minimum atomic E-state index is 0.399. The van der Waals surface area contributed by atoms with E-state index in [9.17, 15) is 4.79 Å². The maximum absolute atomic E-state index is 10.2. The molecule has 0 aliphatic rings. The van der Waals surface area contributed by atoms with Crippen LogP contribution >= 0.6 is 0 Å². The van der Waals surface area contributed by atoms with Crippen molar-refractivity contribution in [2.75, 3.05) is 7.11 Å². The van der Waals surface area contributed by atoms with E-state index in [1.807, 2.05) is 12.1 Å². The molecule has 0 N–H and O–H groups in total. The molecular weight excluding hydrogens is 284 g/mol. The Labute approximate surface area is 143 Å². The number of rotatable bonds is 7. The molecular formula is C21H36O2. The lowest BCUT2D eigenvalue weighted by Gasteiger charge is -2.23. The number of carbonyl (C=O) groups excluding carboxylic acids is 1. The van der Waals surface area contributed by atoms with Crippen LogP contribution in [-0.4, -0.2) is 19.5 Å². The predicted molar refractivity (Wildman–Crippen MR) is 100 cm³/mol. The van der Waals surface area contributed by atoms with Crippen molar-refractivity contribution in [2.45, 2.75) is 79.2 Å². The third-order valence-electron chi connectivity index (χ3n) is 4.11. The van der Waals surface area contributed by atoms with Gasteiger partial charge in [0.1, 0.15) is 6.29 Å². The maximum atomic E-state index is 10.2. The second kappa shape index (κ2) is 11.4. The van der Waals surface area contributed by atoms with Gasteiger partial charge < -0.3 is 9.53 Å². The van der Waals surface area contributed by atoms with Crippen molar-refractivity contribution in [2.24, 2.45) is 5.41 Å². The second-order valence-electron chi connectivity index (χ2n) is 7.45. The Morgan fingerprint density at radius 1 is 1.09 bits per heavy atom. The summed E-state index contributed by atoms with van der Waals surface area (Å²) in [7, 11) is 1.79. The third kappa shape index (κ3) is 10.3. The van der Waals surface area contributed by atoms with Gasteiger partial charge in [0.25, 0.3) is 0 Å². The van der Waals surface area contributed by atoms with E-state index in [1.54, 1.807) is 7.11 Å². The molecule has 0 saturated carbocycles. The number of benzene rings is 1. The summed E-state index contributed by atoms with van der Waals surface area (Å²) in [6, 6.07) is 8.31. The fourth-order valence-electron chi connectivity index (χ4n) is 2.39. The molecule has 0 heterocycles. The molecule has 2 heteroatoms. The van der Waals surface area contributed by atoms with Gasteiger partial charge in [-0.1, -0.05) is 65.8 Å². The lowest BCUT2D eigenvalue weighted by Crippen LogP contribution is -2.18. The third-order valence-corrected chi connectivity index (χ3v) is 4.11. The number of hydrogen-bond donors (Lipinski definition) is 0. The number of carbonyl (C=O) groups is 1. The van der Waals surface area contributed by atoms with Gasteiger partial charge in [-0.25, -0.2) is 0 Å². The van der Waals surface area contributed by atoms with Crippen LogP contribution in [0.2, 0.25) is 0 Å². The predicted octanol–water partition coefficient (Wildman–Crippen LogP) is 5.79. The first kappa shape index (κ1) is 21.9. The number of hydrogen-bond acceptors (Lipinski definition) is 2. The van der Waals surface area contributed by atoms with Crippen LogP contribution < -0.4 is 0 Å². The van der Waals surface area contributed by atoms with Gasteiger partial charge in [0, 0.05) is 13.5 Å². The van der Waals surface area contributed by atoms with Crippen molar-refractivity contribution in [3.63, 3.8) is 0 Å². The van der Waals surface area contributed by atoms with Gasteiger partial charge in [0.15, 0.2) is 0 Å². The van der Waals surface area contributed by atoms with Crippen molar-refractivity contribution in [1.29, 1.82) is 0 Å². The Morgan fingerprint density at radius 3 is 1.96 bits per heavy atom. The van der Waals surface area contributed by atoms with E-state index in [2.05, 4.69) is 53.7 Å². The molecule has 1 aromatic rings. The van der Waals surface area contributed by atoms with Crippen LogP contribution in [0.15, 0.2) is 24.3 Å². The van der Waals surface area contributed by atoms with Gasteiger partial charge in [-0.2, -0.15) is 0 Å². The van der Waals surface area contributed by atoms with Crippen LogP contribution in [0.4, 0.5) is 0 Å². The van der Waals surface area contributed by atoms with E-state index in [1.165, 1.54) is 5.56 Å². The van der Waals surface area contributed by atoms with Crippen molar-refractivity contribution < 1.29 is 9.53 Å². The van der Waals surface area contributed by atoms with Gasteiger partial charge in [0.2, 0.25) is 0 Å². The fraction of sp³-hybridized carbons (Fsp3) is 0.667. The molecule has 2 unspecified atom stereocenters. The molecule has 2 atom stereocenters. The molecule has 1 rings (SSSR count). The molecule has 0 spiro atoms. The van der Waals surface area contributed by atoms with E-state index >= 15 is 0 Å². The fourth-order valence-corrected chi connectivity index (χ4v) is 2.39. The molecule has 0 aliphatic heterocycles. The summed E-state index contributed by atoms with van der Waals surface area (Å²) in [6.07, 6.45) is 5.35. The van der Waals surface area contributed by atoms with Crippen molar-refractivity contribution in [3.05, 3.63) is 35.4 Å². The Hall–Kier alpha value is -1.15. The number of ether oxygens (including phenoxy) is 1. The molecule has 0 aromatic heterocycles. The highest BCUT2D eigenvalue weighted by Crippen LogP contribution is 2.23. The summed E-state index contributed by atoms with van der Waals surface area (Å²) in [6.45, 7) is 13.3. The van der Waals surface area contributed by atoms with Crippen molar-refractivity contribution in [3.8, 4) is 0 Å². The first-order valence-corrected chi connectivity index (χ1v) is 8.82. The summed E-state index contributed by atoms with van der Waals surface area (Å²) < 4.78 is 5.28. The average molecular weight is 321 g/mol. The first-order valence-electron chi connectivity index (χ1n) is 8.82. The zero-order chi connectivity index (χ0) is 17.9. The molecule has 23 heavy (non-hydrogen) atoms. The summed E-state index contributed by atoms with van der Waals surface area (Å²) in [5.74, 6) is 0.616. The van der Waals surface area contributed by atoms with Crippen LogP contribution in [0.3, 0.4) is 0 Å². The SMILES string of the molecule is CCC(C)c1ccc(CC=O)cc1.CCC(CC(C)(C)C)OC. The molecule has 2 nitrogen and oxygen atoms in total. The van der Waals surface area contributed by atoms with Crippen LogP contribution in [0.25, 0.3) is 0 Å². The smallest absolute Gasteiger partial charge is 0.124 e. The minimum Gasteiger partial charge on any atom is -0.381 e. The van der Waals surface area contributed by atoms with Crippen LogP contribution in [-0.2, 0) is 16.0 Å². The topological polar surface area (TPSA) is 26.3 Å². The molecule has 0 bridgehead atoms. The van der Waals surface area contributed by atoms with Crippen LogP contribution in [0.1, 0.15) is 77.8 Å². The Kier molecular flexibility index (Phi) is 10.8.